The lowest BCUT2D eigenvalue weighted by Crippen LogP contribution is -2.22. The Morgan fingerprint density at radius 2 is 1.55 bits per heavy atom. The van der Waals surface area contributed by atoms with Crippen LogP contribution in [0.4, 0.5) is 0 Å². The second-order valence-electron chi connectivity index (χ2n) is 5.72. The van der Waals surface area contributed by atoms with E-state index in [9.17, 15) is 0 Å². The maximum absolute atomic E-state index is 3.65. The van der Waals surface area contributed by atoms with Gasteiger partial charge >= 0.3 is 0 Å². The average molecular weight is 267 g/mol. The van der Waals surface area contributed by atoms with Gasteiger partial charge in [0.15, 0.2) is 0 Å². The van der Waals surface area contributed by atoms with Gasteiger partial charge in [0, 0.05) is 6.04 Å². The molecule has 0 heterocycles. The molecule has 2 aromatic carbocycles. The van der Waals surface area contributed by atoms with Crippen molar-refractivity contribution >= 4 is 0 Å². The molecule has 2 aromatic rings. The summed E-state index contributed by atoms with van der Waals surface area (Å²) in [5.74, 6) is 0. The third-order valence-corrected chi connectivity index (χ3v) is 3.88. The fourth-order valence-electron chi connectivity index (χ4n) is 3.05. The number of benzene rings is 2. The first-order valence-corrected chi connectivity index (χ1v) is 7.43. The van der Waals surface area contributed by atoms with Crippen molar-refractivity contribution < 1.29 is 0 Å². The van der Waals surface area contributed by atoms with Gasteiger partial charge in [0.05, 0.1) is 0 Å². The van der Waals surface area contributed by atoms with Gasteiger partial charge in [-0.05, 0) is 62.9 Å². The van der Waals surface area contributed by atoms with Crippen molar-refractivity contribution in [1.82, 2.24) is 5.32 Å². The molecule has 1 atom stereocenters. The molecule has 2 rings (SSSR count). The molecule has 1 heteroatoms. The lowest BCUT2D eigenvalue weighted by molar-refractivity contribution is 0.572. The first-order chi connectivity index (χ1) is 9.58. The van der Waals surface area contributed by atoms with Gasteiger partial charge in [-0.3, -0.25) is 0 Å². The van der Waals surface area contributed by atoms with Crippen molar-refractivity contribution in [2.45, 2.75) is 40.2 Å². The van der Waals surface area contributed by atoms with Crippen LogP contribution >= 0.6 is 0 Å². The first-order valence-electron chi connectivity index (χ1n) is 7.43. The maximum atomic E-state index is 3.65. The minimum absolute atomic E-state index is 0.402. The van der Waals surface area contributed by atoms with Crippen molar-refractivity contribution in [3.8, 4) is 0 Å². The van der Waals surface area contributed by atoms with Crippen molar-refractivity contribution in [3.05, 3.63) is 70.3 Å². The number of rotatable bonds is 5. The summed E-state index contributed by atoms with van der Waals surface area (Å²) < 4.78 is 0. The Morgan fingerprint density at radius 3 is 2.15 bits per heavy atom. The third kappa shape index (κ3) is 3.71. The van der Waals surface area contributed by atoms with Crippen LogP contribution in [0.1, 0.15) is 40.8 Å². The number of aryl methyl sites for hydroxylation is 3. The Balaban J connectivity index is 1.97. The normalized spacial score (nSPS) is 12.4. The van der Waals surface area contributed by atoms with E-state index in [1.807, 2.05) is 0 Å². The van der Waals surface area contributed by atoms with Gasteiger partial charge in [0.25, 0.3) is 0 Å². The molecule has 0 aliphatic carbocycles. The highest BCUT2D eigenvalue weighted by Crippen LogP contribution is 2.23. The molecule has 1 unspecified atom stereocenters. The summed E-state index contributed by atoms with van der Waals surface area (Å²) in [6.45, 7) is 9.86. The van der Waals surface area contributed by atoms with Crippen LogP contribution in [0.5, 0.6) is 0 Å². The SMILES string of the molecule is Cc1cc(C)c(C(C)NCCc2ccccc2)c(C)c1. The van der Waals surface area contributed by atoms with E-state index in [1.54, 1.807) is 0 Å². The standard InChI is InChI=1S/C19H25N/c1-14-12-15(2)19(16(3)13-14)17(4)20-11-10-18-8-6-5-7-9-18/h5-9,12-13,17,20H,10-11H2,1-4H3. The zero-order valence-corrected chi connectivity index (χ0v) is 13.0. The van der Waals surface area contributed by atoms with Crippen LogP contribution in [0.25, 0.3) is 0 Å². The van der Waals surface area contributed by atoms with Crippen molar-refractivity contribution in [1.29, 1.82) is 0 Å². The predicted octanol–water partition coefficient (Wildman–Crippen LogP) is 4.51. The Labute approximate surface area is 123 Å². The molecule has 0 aliphatic heterocycles. The number of nitrogens with one attached hydrogen (secondary N) is 1. The van der Waals surface area contributed by atoms with Crippen molar-refractivity contribution in [2.24, 2.45) is 0 Å². The lowest BCUT2D eigenvalue weighted by atomic mass is 9.95. The van der Waals surface area contributed by atoms with E-state index >= 15 is 0 Å². The van der Waals surface area contributed by atoms with E-state index in [0.29, 0.717) is 6.04 Å². The molecule has 0 aliphatic rings. The van der Waals surface area contributed by atoms with E-state index < -0.39 is 0 Å². The molecule has 0 amide bonds. The van der Waals surface area contributed by atoms with Gasteiger partial charge < -0.3 is 5.32 Å². The van der Waals surface area contributed by atoms with Gasteiger partial charge in [-0.2, -0.15) is 0 Å². The quantitative estimate of drug-likeness (QED) is 0.840. The molecule has 106 valence electrons. The van der Waals surface area contributed by atoms with Crippen LogP contribution < -0.4 is 5.32 Å². The Hall–Kier alpha value is -1.60. The Bertz CT molecular complexity index is 534. The monoisotopic (exact) mass is 267 g/mol. The molecular weight excluding hydrogens is 242 g/mol. The summed E-state index contributed by atoms with van der Waals surface area (Å²) >= 11 is 0. The molecule has 0 fully saturated rings. The van der Waals surface area contributed by atoms with Crippen LogP contribution in [0.2, 0.25) is 0 Å². The highest BCUT2D eigenvalue weighted by Gasteiger charge is 2.11. The molecule has 1 N–H and O–H groups in total. The molecule has 20 heavy (non-hydrogen) atoms. The zero-order chi connectivity index (χ0) is 14.5. The summed E-state index contributed by atoms with van der Waals surface area (Å²) in [6, 6.07) is 15.6. The number of hydrogen-bond acceptors (Lipinski definition) is 1. The number of hydrogen-bond donors (Lipinski definition) is 1. The smallest absolute Gasteiger partial charge is 0.0297 e. The topological polar surface area (TPSA) is 12.0 Å². The third-order valence-electron chi connectivity index (χ3n) is 3.88. The molecule has 0 saturated carbocycles. The maximum Gasteiger partial charge on any atom is 0.0297 e. The fourth-order valence-corrected chi connectivity index (χ4v) is 3.05. The van der Waals surface area contributed by atoms with E-state index in [2.05, 4.69) is 75.5 Å². The summed E-state index contributed by atoms with van der Waals surface area (Å²) in [5, 5.41) is 3.65. The fraction of sp³-hybridized carbons (Fsp3) is 0.368. The highest BCUT2D eigenvalue weighted by atomic mass is 14.9. The molecule has 0 radical (unpaired) electrons. The molecule has 0 saturated heterocycles. The van der Waals surface area contributed by atoms with Gasteiger partial charge in [-0.1, -0.05) is 48.0 Å². The first kappa shape index (κ1) is 14.8. The van der Waals surface area contributed by atoms with E-state index in [4.69, 9.17) is 0 Å². The Morgan fingerprint density at radius 1 is 0.950 bits per heavy atom. The summed E-state index contributed by atoms with van der Waals surface area (Å²) in [5.41, 5.74) is 6.97. The minimum atomic E-state index is 0.402. The molecule has 0 bridgehead atoms. The van der Waals surface area contributed by atoms with Crippen LogP contribution in [0.3, 0.4) is 0 Å². The van der Waals surface area contributed by atoms with Crippen molar-refractivity contribution in [2.75, 3.05) is 6.54 Å². The van der Waals surface area contributed by atoms with Gasteiger partial charge in [-0.25, -0.2) is 0 Å². The van der Waals surface area contributed by atoms with Gasteiger partial charge in [0.1, 0.15) is 0 Å². The molecule has 1 nitrogen and oxygen atoms in total. The van der Waals surface area contributed by atoms with Gasteiger partial charge in [-0.15, -0.1) is 0 Å². The summed E-state index contributed by atoms with van der Waals surface area (Å²) in [6.07, 6.45) is 1.08. The molecule has 0 spiro atoms. The molecular formula is C19H25N. The van der Waals surface area contributed by atoms with Crippen LogP contribution in [0, 0.1) is 20.8 Å². The predicted molar refractivity (Wildman–Crippen MR) is 87.2 cm³/mol. The van der Waals surface area contributed by atoms with Crippen LogP contribution in [-0.4, -0.2) is 6.54 Å². The largest absolute Gasteiger partial charge is 0.310 e. The van der Waals surface area contributed by atoms with E-state index in [1.165, 1.54) is 27.8 Å². The van der Waals surface area contributed by atoms with Crippen LogP contribution in [0.15, 0.2) is 42.5 Å². The minimum Gasteiger partial charge on any atom is -0.310 e. The summed E-state index contributed by atoms with van der Waals surface area (Å²) in [4.78, 5) is 0. The highest BCUT2D eigenvalue weighted by molar-refractivity contribution is 5.39. The lowest BCUT2D eigenvalue weighted by Gasteiger charge is -2.20. The van der Waals surface area contributed by atoms with Crippen molar-refractivity contribution in [3.63, 3.8) is 0 Å². The second kappa shape index (κ2) is 6.71. The van der Waals surface area contributed by atoms with E-state index in [-0.39, 0.29) is 0 Å². The van der Waals surface area contributed by atoms with Crippen LogP contribution in [-0.2, 0) is 6.42 Å². The summed E-state index contributed by atoms with van der Waals surface area (Å²) in [7, 11) is 0. The second-order valence-corrected chi connectivity index (χ2v) is 5.72. The average Bonchev–Trinajstić information content (AvgIpc) is 2.38. The van der Waals surface area contributed by atoms with E-state index in [0.717, 1.165) is 13.0 Å². The zero-order valence-electron chi connectivity index (χ0n) is 13.0. The molecule has 0 aromatic heterocycles. The van der Waals surface area contributed by atoms with Gasteiger partial charge in [0.2, 0.25) is 0 Å². The Kier molecular flexibility index (Phi) is 4.97.